The Morgan fingerprint density at radius 1 is 1.04 bits per heavy atom. The number of hydrogen-bond donors (Lipinski definition) is 3. The van der Waals surface area contributed by atoms with Gasteiger partial charge in [-0.05, 0) is 67.5 Å². The molecule has 0 atom stereocenters. The molecule has 4 N–H and O–H groups in total. The summed E-state index contributed by atoms with van der Waals surface area (Å²) in [5.41, 5.74) is 5.38. The molecule has 1 saturated carbocycles. The minimum Gasteiger partial charge on any atom is -0.439 e. The molecule has 2 heterocycles. The third kappa shape index (κ3) is 9.22. The minimum absolute atomic E-state index is 0.0672. The first-order valence-electron chi connectivity index (χ1n) is 15.3. The number of nitrogens with one attached hydrogen (secondary N) is 2. The molecule has 0 radical (unpaired) electrons. The summed E-state index contributed by atoms with van der Waals surface area (Å²) in [7, 11) is -2.15. The Hall–Kier alpha value is -4.18. The van der Waals surface area contributed by atoms with Crippen LogP contribution in [0.25, 0.3) is 0 Å². The summed E-state index contributed by atoms with van der Waals surface area (Å²) in [4.78, 5) is 33.3. The van der Waals surface area contributed by atoms with Crippen LogP contribution < -0.4 is 20.5 Å². The number of hydrogen-bond acceptors (Lipinski definition) is 8. The van der Waals surface area contributed by atoms with Crippen LogP contribution in [-0.4, -0.2) is 81.1 Å². The first-order valence-corrected chi connectivity index (χ1v) is 16.8. The van der Waals surface area contributed by atoms with Gasteiger partial charge in [-0.1, -0.05) is 6.07 Å². The van der Waals surface area contributed by atoms with E-state index in [4.69, 9.17) is 15.2 Å². The molecule has 2 aromatic carbocycles. The highest BCUT2D eigenvalue weighted by molar-refractivity contribution is 7.89. The number of carbonyl (C=O) groups excluding carboxylic acids is 2. The third-order valence-corrected chi connectivity index (χ3v) is 9.61. The Bertz CT molecular complexity index is 1660. The fourth-order valence-corrected chi connectivity index (χ4v) is 6.39. The summed E-state index contributed by atoms with van der Waals surface area (Å²) in [6, 6.07) is 10.6. The SMILES string of the molecule is COCCNS(=O)(=O)c1ccc(Oc2ccc(CN3CCC(N(CC4CC4)C(=O)Nc4cc(C(N)=O)c(F)cc4F)CC3)cn2)cc1. The van der Waals surface area contributed by atoms with E-state index in [0.717, 1.165) is 37.6 Å². The normalized spacial score (nSPS) is 15.7. The standard InChI is InChI=1S/C32H38F2N6O6S/c1-45-15-12-37-47(43,44)25-7-5-24(6-8-25)46-30-9-4-22(18-36-30)19-39-13-10-23(11-14-39)40(20-21-2-3-21)32(42)38-29-16-26(31(35)41)27(33)17-28(29)34/h4-9,16-18,21,23,37H,2-3,10-15,19-20H2,1H3,(H2,35,41)(H,38,42). The van der Waals surface area contributed by atoms with Crippen molar-refractivity contribution in [1.29, 1.82) is 0 Å². The summed E-state index contributed by atoms with van der Waals surface area (Å²) >= 11 is 0. The van der Waals surface area contributed by atoms with E-state index >= 15 is 0 Å². The molecular weight excluding hydrogens is 634 g/mol. The monoisotopic (exact) mass is 672 g/mol. The van der Waals surface area contributed by atoms with Gasteiger partial charge in [0.15, 0.2) is 0 Å². The number of halogens is 2. The van der Waals surface area contributed by atoms with Crippen molar-refractivity contribution in [2.45, 2.75) is 43.2 Å². The predicted molar refractivity (Wildman–Crippen MR) is 169 cm³/mol. The van der Waals surface area contributed by atoms with E-state index in [-0.39, 0.29) is 29.8 Å². The molecule has 0 bridgehead atoms. The van der Waals surface area contributed by atoms with Gasteiger partial charge in [0, 0.05) is 64.2 Å². The van der Waals surface area contributed by atoms with E-state index in [1.54, 1.807) is 29.3 Å². The van der Waals surface area contributed by atoms with Crippen molar-refractivity contribution < 1.29 is 36.3 Å². The average Bonchev–Trinajstić information content (AvgIpc) is 3.87. The van der Waals surface area contributed by atoms with Crippen LogP contribution in [0.2, 0.25) is 0 Å². The summed E-state index contributed by atoms with van der Waals surface area (Å²) in [5, 5.41) is 2.53. The first-order chi connectivity index (χ1) is 22.5. The molecule has 47 heavy (non-hydrogen) atoms. The predicted octanol–water partition coefficient (Wildman–Crippen LogP) is 4.08. The average molecular weight is 673 g/mol. The van der Waals surface area contributed by atoms with Crippen LogP contribution in [0.15, 0.2) is 59.6 Å². The maximum absolute atomic E-state index is 14.5. The smallest absolute Gasteiger partial charge is 0.322 e. The van der Waals surface area contributed by atoms with Crippen LogP contribution in [0.4, 0.5) is 19.3 Å². The molecule has 12 nitrogen and oxygen atoms in total. The molecule has 1 aliphatic carbocycles. The molecule has 3 amide bonds. The van der Waals surface area contributed by atoms with Crippen molar-refractivity contribution >= 4 is 27.6 Å². The topological polar surface area (TPSA) is 156 Å². The molecule has 1 aliphatic heterocycles. The lowest BCUT2D eigenvalue weighted by molar-refractivity contribution is 0.0996. The number of likely N-dealkylation sites (tertiary alicyclic amines) is 1. The van der Waals surface area contributed by atoms with E-state index in [9.17, 15) is 26.8 Å². The molecule has 5 rings (SSSR count). The van der Waals surface area contributed by atoms with Crippen LogP contribution in [0.3, 0.4) is 0 Å². The molecule has 1 aromatic heterocycles. The fourth-order valence-electron chi connectivity index (χ4n) is 5.38. The molecule has 15 heteroatoms. The zero-order valence-corrected chi connectivity index (χ0v) is 26.8. The number of ether oxygens (including phenoxy) is 2. The van der Waals surface area contributed by atoms with Gasteiger partial charge < -0.3 is 25.4 Å². The largest absolute Gasteiger partial charge is 0.439 e. The summed E-state index contributed by atoms with van der Waals surface area (Å²) in [5.74, 6) is -1.92. The Morgan fingerprint density at radius 3 is 2.38 bits per heavy atom. The number of rotatable bonds is 14. The van der Waals surface area contributed by atoms with Crippen molar-refractivity contribution in [3.05, 3.63) is 77.5 Å². The van der Waals surface area contributed by atoms with E-state index in [2.05, 4.69) is 19.9 Å². The number of nitrogens with two attached hydrogens (primary N) is 1. The van der Waals surface area contributed by atoms with E-state index in [1.807, 2.05) is 6.07 Å². The number of primary amides is 1. The van der Waals surface area contributed by atoms with E-state index in [1.165, 1.54) is 19.2 Å². The number of sulfonamides is 1. The molecule has 0 unspecified atom stereocenters. The van der Waals surface area contributed by atoms with Crippen LogP contribution in [0.5, 0.6) is 11.6 Å². The number of nitrogens with zero attached hydrogens (tertiary/aromatic N) is 3. The second-order valence-electron chi connectivity index (χ2n) is 11.7. The molecular formula is C32H38F2N6O6S. The highest BCUT2D eigenvalue weighted by Crippen LogP contribution is 2.32. The van der Waals surface area contributed by atoms with Crippen molar-refractivity contribution in [1.82, 2.24) is 19.5 Å². The maximum Gasteiger partial charge on any atom is 0.322 e. The summed E-state index contributed by atoms with van der Waals surface area (Å²) in [6.45, 7) is 3.08. The van der Waals surface area contributed by atoms with E-state index < -0.39 is 39.2 Å². The summed E-state index contributed by atoms with van der Waals surface area (Å²) in [6.07, 6.45) is 5.18. The number of methoxy groups -OCH3 is 1. The van der Waals surface area contributed by atoms with Crippen molar-refractivity contribution in [3.8, 4) is 11.6 Å². The van der Waals surface area contributed by atoms with Crippen LogP contribution in [0, 0.1) is 17.6 Å². The molecule has 1 saturated heterocycles. The van der Waals surface area contributed by atoms with Gasteiger partial charge in [0.25, 0.3) is 5.91 Å². The van der Waals surface area contributed by atoms with Gasteiger partial charge in [-0.3, -0.25) is 9.69 Å². The molecule has 252 valence electrons. The zero-order chi connectivity index (χ0) is 33.6. The Morgan fingerprint density at radius 2 is 1.77 bits per heavy atom. The van der Waals surface area contributed by atoms with Crippen LogP contribution in [-0.2, 0) is 21.3 Å². The van der Waals surface area contributed by atoms with Gasteiger partial charge in [0.1, 0.15) is 17.4 Å². The van der Waals surface area contributed by atoms with Crippen molar-refractivity contribution in [2.24, 2.45) is 11.7 Å². The first kappa shape index (κ1) is 34.2. The van der Waals surface area contributed by atoms with Gasteiger partial charge >= 0.3 is 6.03 Å². The minimum atomic E-state index is -3.64. The maximum atomic E-state index is 14.5. The van der Waals surface area contributed by atoms with Crippen LogP contribution in [0.1, 0.15) is 41.6 Å². The molecule has 2 fully saturated rings. The number of aromatic nitrogens is 1. The molecule has 2 aliphatic rings. The lowest BCUT2D eigenvalue weighted by Gasteiger charge is -2.38. The van der Waals surface area contributed by atoms with Crippen molar-refractivity contribution in [3.63, 3.8) is 0 Å². The number of anilines is 1. The van der Waals surface area contributed by atoms with Crippen molar-refractivity contribution in [2.75, 3.05) is 45.2 Å². The quantitative estimate of drug-likeness (QED) is 0.216. The Kier molecular flexibility index (Phi) is 11.0. The zero-order valence-electron chi connectivity index (χ0n) is 26.0. The van der Waals surface area contributed by atoms with Gasteiger partial charge in [0.05, 0.1) is 22.8 Å². The lowest BCUT2D eigenvalue weighted by Crippen LogP contribution is -2.49. The number of piperidine rings is 1. The highest BCUT2D eigenvalue weighted by atomic mass is 32.2. The highest BCUT2D eigenvalue weighted by Gasteiger charge is 2.33. The van der Waals surface area contributed by atoms with Gasteiger partial charge in [-0.15, -0.1) is 0 Å². The van der Waals surface area contributed by atoms with Crippen LogP contribution >= 0.6 is 0 Å². The second kappa shape index (κ2) is 15.2. The van der Waals surface area contributed by atoms with Gasteiger partial charge in [0.2, 0.25) is 15.9 Å². The molecule has 0 spiro atoms. The molecule has 3 aromatic rings. The number of urea groups is 1. The Balaban J connectivity index is 1.13. The second-order valence-corrected chi connectivity index (χ2v) is 13.4. The number of carbonyl (C=O) groups is 2. The lowest BCUT2D eigenvalue weighted by atomic mass is 10.0. The third-order valence-electron chi connectivity index (χ3n) is 8.13. The van der Waals surface area contributed by atoms with Gasteiger partial charge in [-0.2, -0.15) is 0 Å². The Labute approximate surface area is 272 Å². The summed E-state index contributed by atoms with van der Waals surface area (Å²) < 4.78 is 66.2. The number of pyridine rings is 1. The van der Waals surface area contributed by atoms with E-state index in [0.29, 0.717) is 49.5 Å². The van der Waals surface area contributed by atoms with Gasteiger partial charge in [-0.25, -0.2) is 31.7 Å². The number of benzene rings is 2. The number of amides is 3. The fraction of sp³-hybridized carbons (Fsp3) is 0.406.